The summed E-state index contributed by atoms with van der Waals surface area (Å²) in [5.74, 6) is -0.498. The fourth-order valence-corrected chi connectivity index (χ4v) is 4.25. The maximum atomic E-state index is 12.9. The Bertz CT molecular complexity index is 694. The van der Waals surface area contributed by atoms with Crippen LogP contribution >= 0.6 is 11.8 Å². The van der Waals surface area contributed by atoms with Gasteiger partial charge in [-0.25, -0.2) is 4.79 Å². The third-order valence-corrected chi connectivity index (χ3v) is 5.44. The van der Waals surface area contributed by atoms with Gasteiger partial charge in [-0.1, -0.05) is 6.92 Å². The lowest BCUT2D eigenvalue weighted by molar-refractivity contribution is -0.137. The molecule has 1 saturated heterocycles. The van der Waals surface area contributed by atoms with Crippen molar-refractivity contribution in [3.05, 3.63) is 41.4 Å². The van der Waals surface area contributed by atoms with Crippen LogP contribution in [0.15, 0.2) is 35.8 Å². The van der Waals surface area contributed by atoms with Crippen LogP contribution in [0.3, 0.4) is 0 Å². The van der Waals surface area contributed by atoms with Crippen molar-refractivity contribution < 1.29 is 14.3 Å². The highest BCUT2D eigenvalue weighted by Gasteiger charge is 2.48. The van der Waals surface area contributed by atoms with Crippen LogP contribution in [0.5, 0.6) is 0 Å². The summed E-state index contributed by atoms with van der Waals surface area (Å²) in [6.07, 6.45) is 3.07. The average molecular weight is 362 g/mol. The minimum absolute atomic E-state index is 0.0853. The summed E-state index contributed by atoms with van der Waals surface area (Å²) in [5, 5.41) is 9.68. The van der Waals surface area contributed by atoms with Crippen LogP contribution in [0.4, 0.5) is 0 Å². The number of hydrogen-bond acceptors (Lipinski definition) is 7. The molecule has 3 heterocycles. The molecule has 4 atom stereocenters. The molecule has 7 nitrogen and oxygen atoms in total. The van der Waals surface area contributed by atoms with E-state index in [9.17, 15) is 9.59 Å². The molecule has 2 aliphatic rings. The van der Waals surface area contributed by atoms with E-state index in [1.54, 1.807) is 24.2 Å². The smallest absolute Gasteiger partial charge is 0.336 e. The van der Waals surface area contributed by atoms with E-state index in [2.05, 4.69) is 20.9 Å². The fraction of sp³-hybridized carbons (Fsp3) is 0.471. The molecule has 25 heavy (non-hydrogen) atoms. The number of hydrogen-bond donors (Lipinski definition) is 3. The normalized spacial score (nSPS) is 28.7. The topological polar surface area (TPSA) is 92.4 Å². The lowest BCUT2D eigenvalue weighted by Gasteiger charge is -2.45. The maximum Gasteiger partial charge on any atom is 0.336 e. The summed E-state index contributed by atoms with van der Waals surface area (Å²) in [4.78, 5) is 29.3. The Morgan fingerprint density at radius 1 is 1.32 bits per heavy atom. The number of pyridine rings is 1. The van der Waals surface area contributed by atoms with Crippen LogP contribution < -0.4 is 16.0 Å². The third kappa shape index (κ3) is 3.36. The van der Waals surface area contributed by atoms with Crippen molar-refractivity contribution in [2.45, 2.75) is 31.4 Å². The van der Waals surface area contributed by atoms with Gasteiger partial charge in [0.15, 0.2) is 0 Å². The van der Waals surface area contributed by atoms with Gasteiger partial charge in [0.1, 0.15) is 5.50 Å². The molecule has 8 heteroatoms. The highest BCUT2D eigenvalue weighted by Crippen LogP contribution is 2.40. The predicted octanol–water partition coefficient (Wildman–Crippen LogP) is 0.914. The number of rotatable bonds is 4. The molecule has 0 bridgehead atoms. The molecular weight excluding hydrogens is 340 g/mol. The van der Waals surface area contributed by atoms with Crippen LogP contribution in [0, 0.1) is 5.92 Å². The van der Waals surface area contributed by atoms with E-state index < -0.39 is 17.8 Å². The number of thioether (sulfide) groups is 1. The highest BCUT2D eigenvalue weighted by molar-refractivity contribution is 7.99. The number of esters is 1. The van der Waals surface area contributed by atoms with Gasteiger partial charge in [-0.05, 0) is 30.4 Å². The van der Waals surface area contributed by atoms with E-state index in [0.717, 1.165) is 17.0 Å². The highest BCUT2D eigenvalue weighted by atomic mass is 32.2. The second-order valence-electron chi connectivity index (χ2n) is 5.95. The lowest BCUT2D eigenvalue weighted by Crippen LogP contribution is -2.67. The summed E-state index contributed by atoms with van der Waals surface area (Å²) in [7, 11) is 1.35. The molecule has 0 aromatic carbocycles. The van der Waals surface area contributed by atoms with Crippen molar-refractivity contribution in [1.82, 2.24) is 20.9 Å². The summed E-state index contributed by atoms with van der Waals surface area (Å²) in [6, 6.07) is 3.67. The van der Waals surface area contributed by atoms with Gasteiger partial charge in [-0.15, -0.1) is 11.8 Å². The van der Waals surface area contributed by atoms with Crippen molar-refractivity contribution in [3.8, 4) is 0 Å². The van der Waals surface area contributed by atoms with Gasteiger partial charge in [0.05, 0.1) is 24.8 Å². The number of nitrogens with one attached hydrogen (secondary N) is 3. The Balaban J connectivity index is 2.05. The Morgan fingerprint density at radius 2 is 2.04 bits per heavy atom. The van der Waals surface area contributed by atoms with Gasteiger partial charge in [0, 0.05) is 24.0 Å². The number of amides is 1. The molecular formula is C17H22N4O3S. The first-order valence-corrected chi connectivity index (χ1v) is 9.25. The summed E-state index contributed by atoms with van der Waals surface area (Å²) in [6.45, 7) is 3.88. The van der Waals surface area contributed by atoms with Crippen LogP contribution in [0.25, 0.3) is 0 Å². The standard InChI is InChI=1S/C17H22N4O3S/c1-4-25-17-20-14-13(15(22)21-17)12(10-5-7-18-8-6-10)11(9(2)19-14)16(23)24-3/h5-8,12-14,17,19-20H,4H2,1-3H3,(H,21,22). The number of fused-ring (bicyclic) bond motifs is 1. The minimum Gasteiger partial charge on any atom is -0.466 e. The Morgan fingerprint density at radius 3 is 2.68 bits per heavy atom. The zero-order valence-corrected chi connectivity index (χ0v) is 15.2. The molecule has 1 aromatic rings. The Hall–Kier alpha value is -2.06. The molecule has 0 aliphatic carbocycles. The first-order chi connectivity index (χ1) is 12.1. The summed E-state index contributed by atoms with van der Waals surface area (Å²) >= 11 is 1.62. The van der Waals surface area contributed by atoms with E-state index >= 15 is 0 Å². The van der Waals surface area contributed by atoms with Crippen molar-refractivity contribution >= 4 is 23.6 Å². The zero-order valence-electron chi connectivity index (χ0n) is 14.4. The second kappa shape index (κ2) is 7.45. The molecule has 1 fully saturated rings. The molecule has 4 unspecified atom stereocenters. The molecule has 1 aromatic heterocycles. The largest absolute Gasteiger partial charge is 0.466 e. The molecule has 1 amide bonds. The molecule has 3 N–H and O–H groups in total. The Labute approximate surface area is 151 Å². The maximum absolute atomic E-state index is 12.9. The number of carbonyl (C=O) groups excluding carboxylic acids is 2. The molecule has 0 saturated carbocycles. The van der Waals surface area contributed by atoms with Crippen LogP contribution in [0.2, 0.25) is 0 Å². The lowest BCUT2D eigenvalue weighted by atomic mass is 9.74. The van der Waals surface area contributed by atoms with Gasteiger partial charge < -0.3 is 15.4 Å². The van der Waals surface area contributed by atoms with Gasteiger partial charge in [0.25, 0.3) is 0 Å². The van der Waals surface area contributed by atoms with Crippen molar-refractivity contribution in [3.63, 3.8) is 0 Å². The van der Waals surface area contributed by atoms with E-state index in [-0.39, 0.29) is 17.6 Å². The predicted molar refractivity (Wildman–Crippen MR) is 95.3 cm³/mol. The van der Waals surface area contributed by atoms with Crippen LogP contribution in [-0.2, 0) is 14.3 Å². The van der Waals surface area contributed by atoms with E-state index in [4.69, 9.17) is 4.74 Å². The van der Waals surface area contributed by atoms with Gasteiger partial charge >= 0.3 is 5.97 Å². The number of ether oxygens (including phenoxy) is 1. The van der Waals surface area contributed by atoms with E-state index in [1.165, 1.54) is 7.11 Å². The second-order valence-corrected chi connectivity index (χ2v) is 7.33. The molecule has 3 rings (SSSR count). The van der Waals surface area contributed by atoms with Crippen LogP contribution in [-0.4, -0.2) is 41.4 Å². The number of carbonyl (C=O) groups is 2. The summed E-state index contributed by atoms with van der Waals surface area (Å²) in [5.41, 5.74) is 1.91. The SMILES string of the molecule is CCSC1NC(=O)C2C(NC(C)=C(C(=O)OC)C2c2ccncc2)N1. The fourth-order valence-electron chi connectivity index (χ4n) is 3.48. The van der Waals surface area contributed by atoms with Crippen molar-refractivity contribution in [1.29, 1.82) is 0 Å². The minimum atomic E-state index is -0.464. The molecule has 2 aliphatic heterocycles. The van der Waals surface area contributed by atoms with Gasteiger partial charge in [-0.3, -0.25) is 15.1 Å². The van der Waals surface area contributed by atoms with E-state index in [1.807, 2.05) is 26.0 Å². The quantitative estimate of drug-likeness (QED) is 0.686. The van der Waals surface area contributed by atoms with Crippen molar-refractivity contribution in [2.24, 2.45) is 5.92 Å². The van der Waals surface area contributed by atoms with Crippen LogP contribution in [0.1, 0.15) is 25.3 Å². The monoisotopic (exact) mass is 362 g/mol. The summed E-state index contributed by atoms with van der Waals surface area (Å²) < 4.78 is 4.98. The number of allylic oxidation sites excluding steroid dienone is 1. The first-order valence-electron chi connectivity index (χ1n) is 8.20. The van der Waals surface area contributed by atoms with Gasteiger partial charge in [-0.2, -0.15) is 0 Å². The average Bonchev–Trinajstić information content (AvgIpc) is 2.61. The molecule has 134 valence electrons. The first kappa shape index (κ1) is 17.8. The van der Waals surface area contributed by atoms with Gasteiger partial charge in [0.2, 0.25) is 5.91 Å². The number of methoxy groups -OCH3 is 1. The zero-order chi connectivity index (χ0) is 18.0. The van der Waals surface area contributed by atoms with Crippen molar-refractivity contribution in [2.75, 3.05) is 12.9 Å². The third-order valence-electron chi connectivity index (χ3n) is 4.52. The molecule has 0 radical (unpaired) electrons. The molecule has 0 spiro atoms. The number of nitrogens with zero attached hydrogens (tertiary/aromatic N) is 1. The number of aromatic nitrogens is 1. The Kier molecular flexibility index (Phi) is 5.29. The van der Waals surface area contributed by atoms with E-state index in [0.29, 0.717) is 5.57 Å².